The molecule has 0 aliphatic heterocycles. The normalized spacial score (nSPS) is 22.6. The van der Waals surface area contributed by atoms with Gasteiger partial charge < -0.3 is 15.2 Å². The van der Waals surface area contributed by atoms with Crippen molar-refractivity contribution in [3.8, 4) is 11.5 Å². The number of ether oxygens (including phenoxy) is 2. The molecule has 0 heterocycles. The predicted molar refractivity (Wildman–Crippen MR) is 82.4 cm³/mol. The molecule has 1 saturated carbocycles. The molecule has 1 aliphatic carbocycles. The maximum Gasteiger partial charge on any atom is 0.161 e. The summed E-state index contributed by atoms with van der Waals surface area (Å²) in [5.41, 5.74) is 6.82. The van der Waals surface area contributed by atoms with Crippen LogP contribution in [0.3, 0.4) is 0 Å². The van der Waals surface area contributed by atoms with Crippen LogP contribution >= 0.6 is 0 Å². The Kier molecular flexibility index (Phi) is 5.72. The highest BCUT2D eigenvalue weighted by atomic mass is 16.5. The molecule has 0 bridgehead atoms. The minimum atomic E-state index is 0.339. The van der Waals surface area contributed by atoms with Gasteiger partial charge in [0, 0.05) is 0 Å². The molecule has 1 aromatic rings. The highest BCUT2D eigenvalue weighted by molar-refractivity contribution is 5.43. The lowest BCUT2D eigenvalue weighted by Crippen LogP contribution is -2.23. The van der Waals surface area contributed by atoms with Gasteiger partial charge in [0.1, 0.15) is 0 Å². The predicted octanol–water partition coefficient (Wildman–Crippen LogP) is 3.54. The van der Waals surface area contributed by atoms with E-state index >= 15 is 0 Å². The highest BCUT2D eigenvalue weighted by Gasteiger charge is 2.20. The summed E-state index contributed by atoms with van der Waals surface area (Å²) in [4.78, 5) is 0. The van der Waals surface area contributed by atoms with Gasteiger partial charge in [0.15, 0.2) is 11.5 Å². The van der Waals surface area contributed by atoms with Crippen LogP contribution in [0.5, 0.6) is 11.5 Å². The molecule has 1 aliphatic rings. The Morgan fingerprint density at radius 3 is 2.55 bits per heavy atom. The summed E-state index contributed by atoms with van der Waals surface area (Å²) in [7, 11) is 0. The van der Waals surface area contributed by atoms with Crippen LogP contribution in [0.25, 0.3) is 0 Å². The summed E-state index contributed by atoms with van der Waals surface area (Å²) < 4.78 is 11.9. The van der Waals surface area contributed by atoms with Crippen molar-refractivity contribution in [2.24, 2.45) is 11.7 Å². The molecule has 2 rings (SSSR count). The van der Waals surface area contributed by atoms with Gasteiger partial charge in [-0.15, -0.1) is 0 Å². The van der Waals surface area contributed by atoms with E-state index in [0.717, 1.165) is 36.7 Å². The topological polar surface area (TPSA) is 44.5 Å². The van der Waals surface area contributed by atoms with Gasteiger partial charge in [0.05, 0.1) is 12.7 Å². The molecule has 20 heavy (non-hydrogen) atoms. The van der Waals surface area contributed by atoms with E-state index in [1.807, 2.05) is 13.0 Å². The Morgan fingerprint density at radius 1 is 1.15 bits per heavy atom. The Balaban J connectivity index is 2.05. The molecule has 0 amide bonds. The minimum absolute atomic E-state index is 0.339. The van der Waals surface area contributed by atoms with Crippen LogP contribution in [0.2, 0.25) is 0 Å². The zero-order valence-corrected chi connectivity index (χ0v) is 12.7. The first-order chi connectivity index (χ1) is 9.72. The third kappa shape index (κ3) is 4.14. The molecule has 3 nitrogen and oxygen atoms in total. The molecule has 0 unspecified atom stereocenters. The van der Waals surface area contributed by atoms with Gasteiger partial charge in [-0.05, 0) is 69.2 Å². The molecule has 112 valence electrons. The van der Waals surface area contributed by atoms with E-state index in [0.29, 0.717) is 19.3 Å². The van der Waals surface area contributed by atoms with E-state index in [1.54, 1.807) is 0 Å². The zero-order valence-electron chi connectivity index (χ0n) is 12.7. The average molecular weight is 277 g/mol. The lowest BCUT2D eigenvalue weighted by atomic mass is 9.89. The molecule has 2 N–H and O–H groups in total. The molecular weight excluding hydrogens is 250 g/mol. The maximum atomic E-state index is 6.16. The van der Waals surface area contributed by atoms with Crippen molar-refractivity contribution >= 4 is 0 Å². The number of hydrogen-bond acceptors (Lipinski definition) is 3. The molecule has 1 aromatic carbocycles. The lowest BCUT2D eigenvalue weighted by molar-refractivity contribution is 0.130. The molecule has 0 spiro atoms. The van der Waals surface area contributed by atoms with Crippen LogP contribution < -0.4 is 15.2 Å². The van der Waals surface area contributed by atoms with Gasteiger partial charge in [0.25, 0.3) is 0 Å². The SMILES string of the molecule is CCOc1cc(CCN)ccc1OC1CCC(C)CC1. The number of rotatable bonds is 6. The third-order valence-electron chi connectivity index (χ3n) is 4.00. The third-order valence-corrected chi connectivity index (χ3v) is 4.00. The first-order valence-corrected chi connectivity index (χ1v) is 7.85. The summed E-state index contributed by atoms with van der Waals surface area (Å²) in [6, 6.07) is 6.20. The van der Waals surface area contributed by atoms with Gasteiger partial charge >= 0.3 is 0 Å². The van der Waals surface area contributed by atoms with Gasteiger partial charge in [0.2, 0.25) is 0 Å². The first kappa shape index (κ1) is 15.2. The standard InChI is InChI=1S/C17H27NO2/c1-3-19-17-12-14(10-11-18)6-9-16(17)20-15-7-4-13(2)5-8-15/h6,9,12-13,15H,3-5,7-8,10-11,18H2,1-2H3. The minimum Gasteiger partial charge on any atom is -0.490 e. The Morgan fingerprint density at radius 2 is 1.90 bits per heavy atom. The molecule has 0 atom stereocenters. The summed E-state index contributed by atoms with van der Waals surface area (Å²) in [5, 5.41) is 0. The number of benzene rings is 1. The van der Waals surface area contributed by atoms with Gasteiger partial charge in [-0.1, -0.05) is 13.0 Å². The fraction of sp³-hybridized carbons (Fsp3) is 0.647. The largest absolute Gasteiger partial charge is 0.490 e. The smallest absolute Gasteiger partial charge is 0.161 e. The summed E-state index contributed by atoms with van der Waals surface area (Å²) >= 11 is 0. The van der Waals surface area contributed by atoms with Crippen molar-refractivity contribution < 1.29 is 9.47 Å². The second-order valence-corrected chi connectivity index (χ2v) is 5.75. The van der Waals surface area contributed by atoms with Gasteiger partial charge in [-0.2, -0.15) is 0 Å². The van der Waals surface area contributed by atoms with E-state index in [9.17, 15) is 0 Å². The molecule has 1 fully saturated rings. The Labute approximate surface area is 122 Å². The van der Waals surface area contributed by atoms with Gasteiger partial charge in [-0.3, -0.25) is 0 Å². The van der Waals surface area contributed by atoms with E-state index in [2.05, 4.69) is 19.1 Å². The van der Waals surface area contributed by atoms with Crippen molar-refractivity contribution in [1.29, 1.82) is 0 Å². The average Bonchev–Trinajstić information content (AvgIpc) is 2.45. The molecule has 0 aromatic heterocycles. The summed E-state index contributed by atoms with van der Waals surface area (Å²) in [5.74, 6) is 2.58. The Bertz CT molecular complexity index is 411. The van der Waals surface area contributed by atoms with E-state index < -0.39 is 0 Å². The summed E-state index contributed by atoms with van der Waals surface area (Å²) in [6.07, 6.45) is 6.04. The van der Waals surface area contributed by atoms with E-state index in [1.165, 1.54) is 18.4 Å². The number of hydrogen-bond donors (Lipinski definition) is 1. The molecule has 0 saturated heterocycles. The van der Waals surface area contributed by atoms with Crippen molar-refractivity contribution in [2.45, 2.75) is 52.1 Å². The molecular formula is C17H27NO2. The maximum absolute atomic E-state index is 6.16. The second kappa shape index (κ2) is 7.53. The van der Waals surface area contributed by atoms with Crippen molar-refractivity contribution in [1.82, 2.24) is 0 Å². The first-order valence-electron chi connectivity index (χ1n) is 7.85. The fourth-order valence-electron chi connectivity index (χ4n) is 2.77. The molecule has 0 radical (unpaired) electrons. The van der Waals surface area contributed by atoms with Crippen molar-refractivity contribution in [3.63, 3.8) is 0 Å². The van der Waals surface area contributed by atoms with Crippen LogP contribution in [0.15, 0.2) is 18.2 Å². The van der Waals surface area contributed by atoms with Crippen LogP contribution in [0, 0.1) is 5.92 Å². The lowest BCUT2D eigenvalue weighted by Gasteiger charge is -2.27. The highest BCUT2D eigenvalue weighted by Crippen LogP contribution is 2.33. The van der Waals surface area contributed by atoms with Crippen LogP contribution in [-0.2, 0) is 6.42 Å². The second-order valence-electron chi connectivity index (χ2n) is 5.75. The quantitative estimate of drug-likeness (QED) is 0.865. The van der Waals surface area contributed by atoms with Gasteiger partial charge in [-0.25, -0.2) is 0 Å². The van der Waals surface area contributed by atoms with E-state index in [-0.39, 0.29) is 0 Å². The Hall–Kier alpha value is -1.22. The van der Waals surface area contributed by atoms with Crippen molar-refractivity contribution in [3.05, 3.63) is 23.8 Å². The summed E-state index contributed by atoms with van der Waals surface area (Å²) in [6.45, 7) is 5.64. The van der Waals surface area contributed by atoms with Crippen LogP contribution in [0.1, 0.15) is 45.1 Å². The number of nitrogens with two attached hydrogens (primary N) is 1. The van der Waals surface area contributed by atoms with E-state index in [4.69, 9.17) is 15.2 Å². The zero-order chi connectivity index (χ0) is 14.4. The van der Waals surface area contributed by atoms with Crippen LogP contribution in [-0.4, -0.2) is 19.3 Å². The monoisotopic (exact) mass is 277 g/mol. The van der Waals surface area contributed by atoms with Crippen molar-refractivity contribution in [2.75, 3.05) is 13.2 Å². The molecule has 3 heteroatoms. The van der Waals surface area contributed by atoms with Crippen LogP contribution in [0.4, 0.5) is 0 Å². The fourth-order valence-corrected chi connectivity index (χ4v) is 2.77.